The highest BCUT2D eigenvalue weighted by Gasteiger charge is 2.35. The van der Waals surface area contributed by atoms with Gasteiger partial charge in [-0.15, -0.1) is 0 Å². The quantitative estimate of drug-likeness (QED) is 0.874. The third kappa shape index (κ3) is 2.71. The number of rotatable bonds is 3. The van der Waals surface area contributed by atoms with Crippen molar-refractivity contribution in [3.8, 4) is 0 Å². The number of nitrogens with zero attached hydrogens (tertiary/aromatic N) is 3. The number of β-amino-alcohol motifs (C(OH)–C–C–N with tert-alkyl or cyclic N) is 1. The SMILES string of the molecule is Cc1cc(C[C@@H]2CN(C(=O)c3cccn3C)C[C@@H]2O)n[nH]1. The summed E-state index contributed by atoms with van der Waals surface area (Å²) in [6.45, 7) is 2.90. The highest BCUT2D eigenvalue weighted by atomic mass is 16.3. The molecule has 1 aliphatic heterocycles. The number of aliphatic hydroxyl groups is 1. The zero-order chi connectivity index (χ0) is 15.0. The first kappa shape index (κ1) is 13.9. The summed E-state index contributed by atoms with van der Waals surface area (Å²) < 4.78 is 1.80. The molecule has 0 spiro atoms. The minimum absolute atomic E-state index is 0.0257. The second-order valence-corrected chi connectivity index (χ2v) is 5.79. The fourth-order valence-corrected chi connectivity index (χ4v) is 2.91. The van der Waals surface area contributed by atoms with Gasteiger partial charge in [-0.3, -0.25) is 9.89 Å². The lowest BCUT2D eigenvalue weighted by Crippen LogP contribution is -2.30. The van der Waals surface area contributed by atoms with Crippen LogP contribution >= 0.6 is 0 Å². The van der Waals surface area contributed by atoms with Crippen molar-refractivity contribution in [3.63, 3.8) is 0 Å². The topological polar surface area (TPSA) is 74.2 Å². The number of H-pyrrole nitrogens is 1. The predicted octanol–water partition coefficient (Wildman–Crippen LogP) is 0.732. The number of amides is 1. The van der Waals surface area contributed by atoms with Crippen molar-refractivity contribution >= 4 is 5.91 Å². The molecule has 0 bridgehead atoms. The summed E-state index contributed by atoms with van der Waals surface area (Å²) in [7, 11) is 1.85. The second kappa shape index (κ2) is 5.37. The van der Waals surface area contributed by atoms with Gasteiger partial charge in [0.15, 0.2) is 0 Å². The fourth-order valence-electron chi connectivity index (χ4n) is 2.91. The predicted molar refractivity (Wildman–Crippen MR) is 77.8 cm³/mol. The summed E-state index contributed by atoms with van der Waals surface area (Å²) in [5.41, 5.74) is 2.59. The van der Waals surface area contributed by atoms with Crippen LogP contribution in [0.1, 0.15) is 21.9 Å². The van der Waals surface area contributed by atoms with Crippen LogP contribution in [0.3, 0.4) is 0 Å². The number of nitrogens with one attached hydrogen (secondary N) is 1. The minimum Gasteiger partial charge on any atom is -0.391 e. The number of aromatic amines is 1. The zero-order valence-corrected chi connectivity index (χ0v) is 12.3. The van der Waals surface area contributed by atoms with Gasteiger partial charge in [0.25, 0.3) is 5.91 Å². The van der Waals surface area contributed by atoms with Gasteiger partial charge in [-0.2, -0.15) is 5.10 Å². The van der Waals surface area contributed by atoms with Gasteiger partial charge in [-0.25, -0.2) is 0 Å². The molecule has 0 saturated carbocycles. The van der Waals surface area contributed by atoms with E-state index < -0.39 is 6.10 Å². The van der Waals surface area contributed by atoms with Gasteiger partial charge in [0.2, 0.25) is 0 Å². The minimum atomic E-state index is -0.494. The first-order valence-corrected chi connectivity index (χ1v) is 7.14. The number of aryl methyl sites for hydroxylation is 2. The number of carbonyl (C=O) groups excluding carboxylic acids is 1. The largest absolute Gasteiger partial charge is 0.391 e. The number of hydrogen-bond donors (Lipinski definition) is 2. The van der Waals surface area contributed by atoms with E-state index in [1.807, 2.05) is 32.3 Å². The van der Waals surface area contributed by atoms with Gasteiger partial charge in [-0.1, -0.05) is 0 Å². The fraction of sp³-hybridized carbons (Fsp3) is 0.467. The van der Waals surface area contributed by atoms with Crippen LogP contribution < -0.4 is 0 Å². The van der Waals surface area contributed by atoms with Gasteiger partial charge in [0.1, 0.15) is 5.69 Å². The van der Waals surface area contributed by atoms with Crippen LogP contribution in [-0.2, 0) is 13.5 Å². The maximum absolute atomic E-state index is 12.4. The van der Waals surface area contributed by atoms with Crippen molar-refractivity contribution in [1.82, 2.24) is 19.7 Å². The van der Waals surface area contributed by atoms with Gasteiger partial charge >= 0.3 is 0 Å². The molecule has 2 aromatic heterocycles. The van der Waals surface area contributed by atoms with Gasteiger partial charge in [0, 0.05) is 37.9 Å². The molecule has 1 fully saturated rings. The van der Waals surface area contributed by atoms with Crippen molar-refractivity contribution in [2.24, 2.45) is 13.0 Å². The van der Waals surface area contributed by atoms with Gasteiger partial charge < -0.3 is 14.6 Å². The standard InChI is InChI=1S/C15H20N4O2/c1-10-6-12(17-16-10)7-11-8-19(9-14(11)20)15(21)13-4-3-5-18(13)2/h3-6,11,14,20H,7-9H2,1-2H3,(H,16,17)/t11-,14+/m1/s1. The molecule has 3 rings (SSSR count). The second-order valence-electron chi connectivity index (χ2n) is 5.79. The Balaban J connectivity index is 1.68. The molecule has 2 aromatic rings. The zero-order valence-electron chi connectivity index (χ0n) is 12.3. The maximum Gasteiger partial charge on any atom is 0.270 e. The first-order valence-electron chi connectivity index (χ1n) is 7.14. The highest BCUT2D eigenvalue weighted by molar-refractivity contribution is 5.93. The smallest absolute Gasteiger partial charge is 0.270 e. The molecule has 0 radical (unpaired) electrons. The van der Waals surface area contributed by atoms with Crippen LogP contribution in [0, 0.1) is 12.8 Å². The number of aliphatic hydroxyl groups excluding tert-OH is 1. The van der Waals surface area contributed by atoms with Crippen molar-refractivity contribution in [2.45, 2.75) is 19.4 Å². The Bertz CT molecular complexity index is 646. The Kier molecular flexibility index (Phi) is 3.55. The van der Waals surface area contributed by atoms with E-state index in [9.17, 15) is 9.90 Å². The van der Waals surface area contributed by atoms with Gasteiger partial charge in [-0.05, 0) is 31.5 Å². The molecule has 6 heteroatoms. The van der Waals surface area contributed by atoms with E-state index in [-0.39, 0.29) is 11.8 Å². The molecule has 1 amide bonds. The molecule has 21 heavy (non-hydrogen) atoms. The lowest BCUT2D eigenvalue weighted by Gasteiger charge is -2.16. The molecular formula is C15H20N4O2. The summed E-state index contributed by atoms with van der Waals surface area (Å²) >= 11 is 0. The Labute approximate surface area is 123 Å². The molecule has 6 nitrogen and oxygen atoms in total. The monoisotopic (exact) mass is 288 g/mol. The van der Waals surface area contributed by atoms with E-state index in [0.717, 1.165) is 11.4 Å². The van der Waals surface area contributed by atoms with Crippen LogP contribution in [0.4, 0.5) is 0 Å². The molecule has 0 aromatic carbocycles. The van der Waals surface area contributed by atoms with Crippen LogP contribution in [-0.4, -0.2) is 49.9 Å². The molecule has 3 heterocycles. The summed E-state index contributed by atoms with van der Waals surface area (Å²) in [4.78, 5) is 14.2. The molecular weight excluding hydrogens is 268 g/mol. The highest BCUT2D eigenvalue weighted by Crippen LogP contribution is 2.22. The van der Waals surface area contributed by atoms with E-state index in [2.05, 4.69) is 10.2 Å². The Morgan fingerprint density at radius 1 is 1.52 bits per heavy atom. The van der Waals surface area contributed by atoms with E-state index >= 15 is 0 Å². The van der Waals surface area contributed by atoms with Crippen molar-refractivity contribution < 1.29 is 9.90 Å². The molecule has 0 aliphatic carbocycles. The van der Waals surface area contributed by atoms with Crippen LogP contribution in [0.15, 0.2) is 24.4 Å². The number of carbonyl (C=O) groups is 1. The first-order chi connectivity index (χ1) is 10.0. The van der Waals surface area contributed by atoms with E-state index in [1.165, 1.54) is 0 Å². The van der Waals surface area contributed by atoms with E-state index in [0.29, 0.717) is 25.2 Å². The lowest BCUT2D eigenvalue weighted by atomic mass is 10.0. The van der Waals surface area contributed by atoms with Crippen molar-refractivity contribution in [3.05, 3.63) is 41.5 Å². The van der Waals surface area contributed by atoms with E-state index in [1.54, 1.807) is 15.5 Å². The molecule has 0 unspecified atom stereocenters. The van der Waals surface area contributed by atoms with Crippen LogP contribution in [0.25, 0.3) is 0 Å². The van der Waals surface area contributed by atoms with Crippen molar-refractivity contribution in [1.29, 1.82) is 0 Å². The van der Waals surface area contributed by atoms with E-state index in [4.69, 9.17) is 0 Å². The molecule has 1 saturated heterocycles. The van der Waals surface area contributed by atoms with Gasteiger partial charge in [0.05, 0.1) is 11.8 Å². The third-order valence-corrected chi connectivity index (χ3v) is 4.09. The summed E-state index contributed by atoms with van der Waals surface area (Å²) in [6.07, 6.45) is 2.04. The lowest BCUT2D eigenvalue weighted by molar-refractivity contribution is 0.0755. The molecule has 2 N–H and O–H groups in total. The Morgan fingerprint density at radius 2 is 2.33 bits per heavy atom. The number of likely N-dealkylation sites (tertiary alicyclic amines) is 1. The average Bonchev–Trinajstić information content (AvgIpc) is 3.12. The average molecular weight is 288 g/mol. The Hall–Kier alpha value is -2.08. The normalized spacial score (nSPS) is 22.0. The molecule has 1 aliphatic rings. The molecule has 112 valence electrons. The summed E-state index contributed by atoms with van der Waals surface area (Å²) in [5.74, 6) is 0.0131. The maximum atomic E-state index is 12.4. The number of aromatic nitrogens is 3. The third-order valence-electron chi connectivity index (χ3n) is 4.09. The summed E-state index contributed by atoms with van der Waals surface area (Å²) in [5, 5.41) is 17.3. The van der Waals surface area contributed by atoms with Crippen LogP contribution in [0.5, 0.6) is 0 Å². The number of hydrogen-bond acceptors (Lipinski definition) is 3. The molecule has 2 atom stereocenters. The van der Waals surface area contributed by atoms with Crippen molar-refractivity contribution in [2.75, 3.05) is 13.1 Å². The van der Waals surface area contributed by atoms with Crippen LogP contribution in [0.2, 0.25) is 0 Å². The Morgan fingerprint density at radius 3 is 2.95 bits per heavy atom. The summed E-state index contributed by atoms with van der Waals surface area (Å²) in [6, 6.07) is 5.64.